The molecule has 0 aliphatic heterocycles. The first-order valence-electron chi connectivity index (χ1n) is 5.93. The molecule has 0 amide bonds. The normalized spacial score (nSPS) is 13.4. The molecule has 0 aromatic heterocycles. The average molecular weight is 184 g/mol. The molecule has 0 heteroatoms. The van der Waals surface area contributed by atoms with Gasteiger partial charge >= 0.3 is 0 Å². The molecule has 0 heterocycles. The van der Waals surface area contributed by atoms with Gasteiger partial charge in [0, 0.05) is 0 Å². The number of hydrogen-bond donors (Lipinski definition) is 0. The van der Waals surface area contributed by atoms with Gasteiger partial charge in [0.15, 0.2) is 0 Å². The van der Waals surface area contributed by atoms with Crippen molar-refractivity contribution in [3.05, 3.63) is 0 Å². The zero-order valence-corrected chi connectivity index (χ0v) is 10.5. The molecular weight excluding hydrogens is 156 g/mol. The van der Waals surface area contributed by atoms with Crippen molar-refractivity contribution in [2.75, 3.05) is 0 Å². The van der Waals surface area contributed by atoms with Crippen LogP contribution in [0.3, 0.4) is 0 Å². The van der Waals surface area contributed by atoms with Crippen molar-refractivity contribution in [1.29, 1.82) is 0 Å². The van der Waals surface area contributed by atoms with E-state index in [1.807, 2.05) is 0 Å². The highest BCUT2D eigenvalue weighted by Gasteiger charge is 2.38. The molecule has 0 aliphatic carbocycles. The second kappa shape index (κ2) is 5.02. The third kappa shape index (κ3) is 3.00. The largest absolute Gasteiger partial charge is 0.0654 e. The molecular formula is C13H28. The van der Waals surface area contributed by atoms with E-state index in [4.69, 9.17) is 0 Å². The van der Waals surface area contributed by atoms with Gasteiger partial charge in [-0.05, 0) is 30.1 Å². The molecule has 0 atom stereocenters. The van der Waals surface area contributed by atoms with Crippen LogP contribution in [-0.4, -0.2) is 0 Å². The summed E-state index contributed by atoms with van der Waals surface area (Å²) in [5.74, 6) is 0. The molecule has 0 saturated carbocycles. The van der Waals surface area contributed by atoms with E-state index in [0.29, 0.717) is 10.8 Å². The van der Waals surface area contributed by atoms with Crippen LogP contribution in [0.5, 0.6) is 0 Å². The maximum absolute atomic E-state index is 2.40. The van der Waals surface area contributed by atoms with Crippen LogP contribution in [-0.2, 0) is 0 Å². The molecule has 0 rings (SSSR count). The van der Waals surface area contributed by atoms with Crippen LogP contribution < -0.4 is 0 Å². The van der Waals surface area contributed by atoms with E-state index in [9.17, 15) is 0 Å². The van der Waals surface area contributed by atoms with Crippen molar-refractivity contribution in [3.8, 4) is 0 Å². The Morgan fingerprint density at radius 1 is 0.769 bits per heavy atom. The molecule has 0 fully saturated rings. The summed E-state index contributed by atoms with van der Waals surface area (Å²) in [4.78, 5) is 0. The minimum Gasteiger partial charge on any atom is -0.0654 e. The smallest absolute Gasteiger partial charge is 0.0252 e. The quantitative estimate of drug-likeness (QED) is 0.562. The van der Waals surface area contributed by atoms with Crippen molar-refractivity contribution in [2.45, 2.75) is 73.6 Å². The topological polar surface area (TPSA) is 0 Å². The van der Waals surface area contributed by atoms with Crippen LogP contribution in [0, 0.1) is 10.8 Å². The molecule has 0 spiro atoms. The maximum Gasteiger partial charge on any atom is -0.0252 e. The van der Waals surface area contributed by atoms with Crippen LogP contribution in [0.25, 0.3) is 0 Å². The Hall–Kier alpha value is 0. The standard InChI is InChI=1S/C13H28/c1-7-10-13(9-3,11-8-2)12(4,5)6/h7-11H2,1-6H3. The molecule has 0 N–H and O–H groups in total. The van der Waals surface area contributed by atoms with Crippen molar-refractivity contribution in [1.82, 2.24) is 0 Å². The molecule has 13 heavy (non-hydrogen) atoms. The molecule has 0 aromatic rings. The molecule has 0 bridgehead atoms. The summed E-state index contributed by atoms with van der Waals surface area (Å²) in [7, 11) is 0. The Balaban J connectivity index is 4.64. The van der Waals surface area contributed by atoms with Gasteiger partial charge in [0.05, 0.1) is 0 Å². The Kier molecular flexibility index (Phi) is 5.02. The molecule has 0 nitrogen and oxygen atoms in total. The molecule has 80 valence electrons. The summed E-state index contributed by atoms with van der Waals surface area (Å²) >= 11 is 0. The van der Waals surface area contributed by atoms with Gasteiger partial charge in [0.1, 0.15) is 0 Å². The molecule has 0 aliphatic rings. The molecule has 0 radical (unpaired) electrons. The zero-order valence-electron chi connectivity index (χ0n) is 10.5. The van der Waals surface area contributed by atoms with E-state index in [0.717, 1.165) is 0 Å². The highest BCUT2D eigenvalue weighted by Crippen LogP contribution is 2.48. The van der Waals surface area contributed by atoms with Crippen molar-refractivity contribution in [3.63, 3.8) is 0 Å². The Bertz CT molecular complexity index is 121. The summed E-state index contributed by atoms with van der Waals surface area (Å²) in [6, 6.07) is 0. The summed E-state index contributed by atoms with van der Waals surface area (Å²) in [5, 5.41) is 0. The molecule has 0 saturated heterocycles. The number of rotatable bonds is 5. The Morgan fingerprint density at radius 3 is 1.31 bits per heavy atom. The Morgan fingerprint density at radius 2 is 1.15 bits per heavy atom. The van der Waals surface area contributed by atoms with Gasteiger partial charge in [0.25, 0.3) is 0 Å². The lowest BCUT2D eigenvalue weighted by atomic mass is 9.60. The lowest BCUT2D eigenvalue weighted by Gasteiger charge is -2.45. The van der Waals surface area contributed by atoms with Crippen LogP contribution >= 0.6 is 0 Å². The fraction of sp³-hybridized carbons (Fsp3) is 1.00. The highest BCUT2D eigenvalue weighted by molar-refractivity contribution is 4.88. The second-order valence-electron chi connectivity index (χ2n) is 5.38. The van der Waals surface area contributed by atoms with E-state index < -0.39 is 0 Å². The third-order valence-corrected chi connectivity index (χ3v) is 3.72. The van der Waals surface area contributed by atoms with E-state index in [1.54, 1.807) is 0 Å². The van der Waals surface area contributed by atoms with Crippen molar-refractivity contribution < 1.29 is 0 Å². The van der Waals surface area contributed by atoms with Gasteiger partial charge < -0.3 is 0 Å². The second-order valence-corrected chi connectivity index (χ2v) is 5.38. The maximum atomic E-state index is 2.40. The van der Waals surface area contributed by atoms with Gasteiger partial charge in [-0.3, -0.25) is 0 Å². The van der Waals surface area contributed by atoms with Crippen molar-refractivity contribution in [2.24, 2.45) is 10.8 Å². The first kappa shape index (κ1) is 13.0. The minimum absolute atomic E-state index is 0.466. The third-order valence-electron chi connectivity index (χ3n) is 3.72. The SMILES string of the molecule is CCCC(CC)(CCC)C(C)(C)C. The minimum atomic E-state index is 0.466. The monoisotopic (exact) mass is 184 g/mol. The van der Waals surface area contributed by atoms with Crippen molar-refractivity contribution >= 4 is 0 Å². The predicted octanol–water partition coefficient (Wildman–Crippen LogP) is 5.03. The van der Waals surface area contributed by atoms with E-state index in [-0.39, 0.29) is 0 Å². The first-order valence-corrected chi connectivity index (χ1v) is 5.93. The number of hydrogen-bond acceptors (Lipinski definition) is 0. The highest BCUT2D eigenvalue weighted by atomic mass is 14.4. The van der Waals surface area contributed by atoms with E-state index in [2.05, 4.69) is 41.5 Å². The van der Waals surface area contributed by atoms with Crippen LogP contribution in [0.4, 0.5) is 0 Å². The fourth-order valence-electron chi connectivity index (χ4n) is 2.72. The van der Waals surface area contributed by atoms with Gasteiger partial charge in [-0.15, -0.1) is 0 Å². The lowest BCUT2D eigenvalue weighted by Crippen LogP contribution is -2.35. The summed E-state index contributed by atoms with van der Waals surface area (Å²) in [5.41, 5.74) is 1.05. The van der Waals surface area contributed by atoms with Gasteiger partial charge in [-0.1, -0.05) is 54.4 Å². The first-order chi connectivity index (χ1) is 5.93. The van der Waals surface area contributed by atoms with E-state index >= 15 is 0 Å². The van der Waals surface area contributed by atoms with Gasteiger partial charge in [-0.2, -0.15) is 0 Å². The van der Waals surface area contributed by atoms with Crippen LogP contribution in [0.15, 0.2) is 0 Å². The van der Waals surface area contributed by atoms with Crippen LogP contribution in [0.2, 0.25) is 0 Å². The predicted molar refractivity (Wildman–Crippen MR) is 62.0 cm³/mol. The van der Waals surface area contributed by atoms with Gasteiger partial charge in [-0.25, -0.2) is 0 Å². The summed E-state index contributed by atoms with van der Waals surface area (Å²) < 4.78 is 0. The van der Waals surface area contributed by atoms with E-state index in [1.165, 1.54) is 32.1 Å². The van der Waals surface area contributed by atoms with Gasteiger partial charge in [0.2, 0.25) is 0 Å². The molecule has 0 aromatic carbocycles. The summed E-state index contributed by atoms with van der Waals surface area (Å²) in [6.07, 6.45) is 6.76. The molecule has 0 unspecified atom stereocenters. The average Bonchev–Trinajstić information content (AvgIpc) is 2.02. The Labute approximate surface area is 85.1 Å². The summed E-state index contributed by atoms with van der Waals surface area (Å²) in [6.45, 7) is 14.2. The fourth-order valence-corrected chi connectivity index (χ4v) is 2.72. The lowest BCUT2D eigenvalue weighted by molar-refractivity contribution is 0.0559. The van der Waals surface area contributed by atoms with Crippen LogP contribution in [0.1, 0.15) is 73.6 Å². The zero-order chi connectivity index (χ0) is 10.5.